The van der Waals surface area contributed by atoms with Crippen LogP contribution >= 0.6 is 0 Å². The van der Waals surface area contributed by atoms with Crippen molar-refractivity contribution in [2.24, 2.45) is 0 Å². The van der Waals surface area contributed by atoms with E-state index in [0.717, 1.165) is 5.56 Å². The number of ether oxygens (including phenoxy) is 1. The van der Waals surface area contributed by atoms with Gasteiger partial charge in [-0.2, -0.15) is 0 Å². The fraction of sp³-hybridized carbons (Fsp3) is 0.200. The number of hydrogen-bond acceptors (Lipinski definition) is 2. The third-order valence-electron chi connectivity index (χ3n) is 1.49. The predicted octanol–water partition coefficient (Wildman–Crippen LogP) is 1.09. The van der Waals surface area contributed by atoms with Gasteiger partial charge >= 0.3 is 84.9 Å². The first-order valence-corrected chi connectivity index (χ1v) is 4.95. The Bertz CT molecular complexity index is 282. The third-order valence-corrected chi connectivity index (χ3v) is 1.84. The Morgan fingerprint density at radius 1 is 1.38 bits per heavy atom. The molecule has 1 aromatic rings. The van der Waals surface area contributed by atoms with Gasteiger partial charge in [-0.1, -0.05) is 0 Å². The van der Waals surface area contributed by atoms with E-state index in [2.05, 4.69) is 15.6 Å². The number of hydrogen-bond donors (Lipinski definition) is 0. The van der Waals surface area contributed by atoms with Crippen LogP contribution in [0.5, 0.6) is 0 Å². The number of rotatable bonds is 4. The second-order valence-corrected chi connectivity index (χ2v) is 3.22. The molecule has 0 bridgehead atoms. The summed E-state index contributed by atoms with van der Waals surface area (Å²) in [6.45, 7) is 0.355. The number of esters is 1. The molecule has 2 nitrogen and oxygen atoms in total. The Balaban J connectivity index is 2.35. The Morgan fingerprint density at radius 2 is 2.08 bits per heavy atom. The molecule has 0 aliphatic carbocycles. The van der Waals surface area contributed by atoms with Crippen molar-refractivity contribution in [3.05, 3.63) is 35.9 Å². The van der Waals surface area contributed by atoms with Crippen LogP contribution in [0.3, 0.4) is 0 Å². The van der Waals surface area contributed by atoms with E-state index in [4.69, 9.17) is 4.74 Å². The van der Waals surface area contributed by atoms with E-state index in [1.54, 1.807) is 4.92 Å². The Hall–Kier alpha value is -0.921. The maximum absolute atomic E-state index is 10.9. The van der Waals surface area contributed by atoms with E-state index in [9.17, 15) is 4.79 Å². The van der Waals surface area contributed by atoms with Crippen LogP contribution in [-0.2, 0) is 16.1 Å². The summed E-state index contributed by atoms with van der Waals surface area (Å²) in [7, 11) is 0. The molecule has 1 aromatic carbocycles. The van der Waals surface area contributed by atoms with E-state index >= 15 is 0 Å². The van der Waals surface area contributed by atoms with E-state index in [1.165, 1.54) is 0 Å². The number of carbonyl (C=O) groups excluding carboxylic acids is 1. The average Bonchev–Trinajstić information content (AvgIpc) is 2.17. The standard InChI is InChI=1S/C10H10O2Se/c11-10(6-7-13)12-8-9-4-2-1-3-5-9/h1-5,7H,6,8H2. The summed E-state index contributed by atoms with van der Waals surface area (Å²) >= 11 is 2.65. The SMILES string of the molecule is O=C(CC=[Se])OCc1ccccc1. The van der Waals surface area contributed by atoms with Crippen molar-refractivity contribution in [2.75, 3.05) is 0 Å². The molecule has 0 fully saturated rings. The molecule has 0 aromatic heterocycles. The van der Waals surface area contributed by atoms with Gasteiger partial charge in [-0.3, -0.25) is 0 Å². The monoisotopic (exact) mass is 242 g/mol. The predicted molar refractivity (Wildman–Crippen MR) is 52.7 cm³/mol. The Morgan fingerprint density at radius 3 is 2.69 bits per heavy atom. The van der Waals surface area contributed by atoms with Crippen LogP contribution in [0.4, 0.5) is 0 Å². The zero-order chi connectivity index (χ0) is 9.52. The molecule has 0 amide bonds. The van der Waals surface area contributed by atoms with Gasteiger partial charge in [0.2, 0.25) is 0 Å². The molecule has 3 heteroatoms. The summed E-state index contributed by atoms with van der Waals surface area (Å²) in [6, 6.07) is 9.62. The van der Waals surface area contributed by atoms with Crippen LogP contribution in [0.1, 0.15) is 12.0 Å². The van der Waals surface area contributed by atoms with Crippen molar-refractivity contribution >= 4 is 26.5 Å². The average molecular weight is 241 g/mol. The molecule has 0 spiro atoms. The molecule has 0 unspecified atom stereocenters. The molecule has 13 heavy (non-hydrogen) atoms. The molecule has 68 valence electrons. The van der Waals surface area contributed by atoms with Crippen molar-refractivity contribution in [2.45, 2.75) is 13.0 Å². The van der Waals surface area contributed by atoms with E-state index in [1.807, 2.05) is 30.3 Å². The van der Waals surface area contributed by atoms with Gasteiger partial charge in [0.25, 0.3) is 0 Å². The summed E-state index contributed by atoms with van der Waals surface area (Å²) in [5.74, 6) is -0.206. The first-order valence-electron chi connectivity index (χ1n) is 3.96. The topological polar surface area (TPSA) is 26.3 Å². The summed E-state index contributed by atoms with van der Waals surface area (Å²) in [5.41, 5.74) is 1.01. The second-order valence-electron chi connectivity index (χ2n) is 2.52. The Kier molecular flexibility index (Phi) is 4.44. The maximum atomic E-state index is 10.9. The van der Waals surface area contributed by atoms with Crippen molar-refractivity contribution < 1.29 is 9.53 Å². The third kappa shape index (κ3) is 4.02. The first kappa shape index (κ1) is 10.2. The van der Waals surface area contributed by atoms with Gasteiger partial charge in [0.1, 0.15) is 0 Å². The molecular weight excluding hydrogens is 231 g/mol. The molecule has 0 heterocycles. The van der Waals surface area contributed by atoms with Gasteiger partial charge in [0.15, 0.2) is 0 Å². The molecule has 1 rings (SSSR count). The van der Waals surface area contributed by atoms with Crippen LogP contribution < -0.4 is 0 Å². The fourth-order valence-corrected chi connectivity index (χ4v) is 1.15. The van der Waals surface area contributed by atoms with Crippen LogP contribution in [0, 0.1) is 0 Å². The van der Waals surface area contributed by atoms with Gasteiger partial charge in [-0.05, 0) is 0 Å². The quantitative estimate of drug-likeness (QED) is 0.582. The molecule has 0 atom stereocenters. The zero-order valence-electron chi connectivity index (χ0n) is 7.10. The van der Waals surface area contributed by atoms with E-state index < -0.39 is 0 Å². The zero-order valence-corrected chi connectivity index (χ0v) is 8.82. The van der Waals surface area contributed by atoms with Crippen molar-refractivity contribution in [1.29, 1.82) is 0 Å². The van der Waals surface area contributed by atoms with Gasteiger partial charge in [0, 0.05) is 0 Å². The molecule has 0 N–H and O–H groups in total. The van der Waals surface area contributed by atoms with Crippen molar-refractivity contribution in [3.63, 3.8) is 0 Å². The molecular formula is C10H10O2Se. The minimum atomic E-state index is -0.206. The van der Waals surface area contributed by atoms with Gasteiger partial charge in [-0.25, -0.2) is 0 Å². The molecule has 0 saturated carbocycles. The van der Waals surface area contributed by atoms with Crippen LogP contribution in [0.2, 0.25) is 0 Å². The molecule has 0 saturated heterocycles. The normalized spacial score (nSPS) is 9.23. The molecule has 0 radical (unpaired) electrons. The Labute approximate surface area is 85.3 Å². The number of benzene rings is 1. The van der Waals surface area contributed by atoms with Gasteiger partial charge < -0.3 is 0 Å². The molecule has 0 aliphatic heterocycles. The van der Waals surface area contributed by atoms with Crippen LogP contribution in [0.15, 0.2) is 30.3 Å². The van der Waals surface area contributed by atoms with E-state index in [0.29, 0.717) is 13.0 Å². The van der Waals surface area contributed by atoms with E-state index in [-0.39, 0.29) is 5.97 Å². The minimum absolute atomic E-state index is 0.206. The molecule has 0 aliphatic rings. The van der Waals surface area contributed by atoms with Gasteiger partial charge in [0.05, 0.1) is 0 Å². The summed E-state index contributed by atoms with van der Waals surface area (Å²) < 4.78 is 4.98. The summed E-state index contributed by atoms with van der Waals surface area (Å²) in [4.78, 5) is 12.6. The van der Waals surface area contributed by atoms with Crippen LogP contribution in [-0.4, -0.2) is 26.5 Å². The second kappa shape index (κ2) is 5.68. The first-order chi connectivity index (χ1) is 6.33. The number of carbonyl (C=O) groups is 1. The fourth-order valence-electron chi connectivity index (χ4n) is 0.865. The van der Waals surface area contributed by atoms with Crippen molar-refractivity contribution in [3.8, 4) is 0 Å². The summed E-state index contributed by atoms with van der Waals surface area (Å²) in [6.07, 6.45) is 0.326. The van der Waals surface area contributed by atoms with Gasteiger partial charge in [-0.15, -0.1) is 0 Å². The van der Waals surface area contributed by atoms with Crippen LogP contribution in [0.25, 0.3) is 0 Å². The summed E-state index contributed by atoms with van der Waals surface area (Å²) in [5, 5.41) is 0. The van der Waals surface area contributed by atoms with Crippen molar-refractivity contribution in [1.82, 2.24) is 0 Å².